The molecule has 0 rings (SSSR count). The zero-order chi connectivity index (χ0) is 10.5. The van der Waals surface area contributed by atoms with E-state index in [1.54, 1.807) is 0 Å². The molecule has 0 radical (unpaired) electrons. The van der Waals surface area contributed by atoms with Crippen LogP contribution in [-0.4, -0.2) is 25.8 Å². The van der Waals surface area contributed by atoms with E-state index in [0.717, 1.165) is 0 Å². The first-order valence-electron chi connectivity index (χ1n) is 4.32. The maximum absolute atomic E-state index is 11.2. The molecule has 2 N–H and O–H groups in total. The second-order valence-corrected chi connectivity index (χ2v) is 5.85. The van der Waals surface area contributed by atoms with Crippen molar-refractivity contribution in [1.29, 1.82) is 0 Å². The third kappa shape index (κ3) is 7.77. The Morgan fingerprint density at radius 3 is 2.23 bits per heavy atom. The highest BCUT2D eigenvalue weighted by molar-refractivity contribution is 7.91. The molecular weight excluding hydrogens is 190 g/mol. The number of primary amides is 1. The van der Waals surface area contributed by atoms with Gasteiger partial charge in [-0.25, -0.2) is 8.42 Å². The normalized spacial score (nSPS) is 11.9. The molecule has 5 heteroatoms. The molecule has 78 valence electrons. The van der Waals surface area contributed by atoms with Crippen LogP contribution in [0.15, 0.2) is 0 Å². The van der Waals surface area contributed by atoms with Crippen LogP contribution in [0, 0.1) is 5.92 Å². The van der Waals surface area contributed by atoms with Crippen molar-refractivity contribution in [1.82, 2.24) is 0 Å². The highest BCUT2D eigenvalue weighted by Crippen LogP contribution is 2.04. The quantitative estimate of drug-likeness (QED) is 0.681. The van der Waals surface area contributed by atoms with Crippen molar-refractivity contribution in [2.75, 3.05) is 11.5 Å². The third-order valence-electron chi connectivity index (χ3n) is 1.67. The molecule has 0 saturated heterocycles. The molecule has 0 atom stereocenters. The van der Waals surface area contributed by atoms with Crippen LogP contribution in [0.2, 0.25) is 0 Å². The van der Waals surface area contributed by atoms with E-state index in [2.05, 4.69) is 0 Å². The van der Waals surface area contributed by atoms with Crippen LogP contribution in [-0.2, 0) is 14.6 Å². The van der Waals surface area contributed by atoms with Crippen LogP contribution >= 0.6 is 0 Å². The van der Waals surface area contributed by atoms with Gasteiger partial charge in [-0.1, -0.05) is 13.8 Å². The number of rotatable bonds is 6. The summed E-state index contributed by atoms with van der Waals surface area (Å²) in [4.78, 5) is 10.3. The highest BCUT2D eigenvalue weighted by Gasteiger charge is 2.12. The van der Waals surface area contributed by atoms with Gasteiger partial charge in [0.15, 0.2) is 9.84 Å². The van der Waals surface area contributed by atoms with Crippen LogP contribution in [0.3, 0.4) is 0 Å². The van der Waals surface area contributed by atoms with Crippen molar-refractivity contribution in [3.63, 3.8) is 0 Å². The molecule has 0 bridgehead atoms. The summed E-state index contributed by atoms with van der Waals surface area (Å²) in [6, 6.07) is 0. The molecule has 0 aromatic rings. The number of amides is 1. The summed E-state index contributed by atoms with van der Waals surface area (Å²) >= 11 is 0. The lowest BCUT2D eigenvalue weighted by molar-refractivity contribution is -0.117. The van der Waals surface area contributed by atoms with Crippen molar-refractivity contribution in [2.45, 2.75) is 26.7 Å². The molecule has 0 aliphatic rings. The third-order valence-corrected chi connectivity index (χ3v) is 3.35. The summed E-state index contributed by atoms with van der Waals surface area (Å²) in [6.45, 7) is 3.92. The monoisotopic (exact) mass is 207 g/mol. The summed E-state index contributed by atoms with van der Waals surface area (Å²) in [5, 5.41) is 0. The predicted octanol–water partition coefficient (Wildman–Crippen LogP) is 0.323. The first kappa shape index (κ1) is 12.4. The standard InChI is InChI=1S/C8H17NO3S/c1-7(2)3-5-13(11,12)6-4-8(9)10/h7H,3-6H2,1-2H3,(H2,9,10). The fraction of sp³-hybridized carbons (Fsp3) is 0.875. The van der Waals surface area contributed by atoms with E-state index >= 15 is 0 Å². The van der Waals surface area contributed by atoms with Crippen molar-refractivity contribution in [2.24, 2.45) is 11.7 Å². The van der Waals surface area contributed by atoms with E-state index in [4.69, 9.17) is 5.73 Å². The van der Waals surface area contributed by atoms with Crippen molar-refractivity contribution in [3.8, 4) is 0 Å². The SMILES string of the molecule is CC(C)CCS(=O)(=O)CCC(N)=O. The Hall–Kier alpha value is -0.580. The summed E-state index contributed by atoms with van der Waals surface area (Å²) in [6.07, 6.45) is 0.571. The van der Waals surface area contributed by atoms with Crippen LogP contribution in [0.25, 0.3) is 0 Å². The van der Waals surface area contributed by atoms with Crippen LogP contribution < -0.4 is 5.73 Å². The molecule has 13 heavy (non-hydrogen) atoms. The highest BCUT2D eigenvalue weighted by atomic mass is 32.2. The van der Waals surface area contributed by atoms with E-state index in [-0.39, 0.29) is 17.9 Å². The molecular formula is C8H17NO3S. The van der Waals surface area contributed by atoms with Gasteiger partial charge in [0.2, 0.25) is 5.91 Å². The fourth-order valence-corrected chi connectivity index (χ4v) is 2.32. The Bertz CT molecular complexity index is 257. The Kier molecular flexibility index (Phi) is 4.98. The minimum absolute atomic E-state index is 0.0690. The first-order chi connectivity index (χ1) is 5.83. The molecule has 0 spiro atoms. The van der Waals surface area contributed by atoms with Gasteiger partial charge >= 0.3 is 0 Å². The van der Waals surface area contributed by atoms with Gasteiger partial charge in [-0.05, 0) is 12.3 Å². The van der Waals surface area contributed by atoms with Crippen LogP contribution in [0.5, 0.6) is 0 Å². The molecule has 0 aromatic heterocycles. The Morgan fingerprint density at radius 2 is 1.85 bits per heavy atom. The summed E-state index contributed by atoms with van der Waals surface area (Å²) in [5.74, 6) is -0.163. The summed E-state index contributed by atoms with van der Waals surface area (Å²) in [5.41, 5.74) is 4.85. The molecule has 0 unspecified atom stereocenters. The zero-order valence-electron chi connectivity index (χ0n) is 8.12. The fourth-order valence-electron chi connectivity index (χ4n) is 0.773. The number of sulfone groups is 1. The molecule has 0 saturated carbocycles. The number of nitrogens with two attached hydrogens (primary N) is 1. The van der Waals surface area contributed by atoms with E-state index < -0.39 is 15.7 Å². The first-order valence-corrected chi connectivity index (χ1v) is 6.14. The summed E-state index contributed by atoms with van der Waals surface area (Å²) < 4.78 is 22.5. The predicted molar refractivity (Wildman–Crippen MR) is 51.9 cm³/mol. The van der Waals surface area contributed by atoms with Crippen molar-refractivity contribution >= 4 is 15.7 Å². The van der Waals surface area contributed by atoms with Gasteiger partial charge in [-0.2, -0.15) is 0 Å². The number of carbonyl (C=O) groups excluding carboxylic acids is 1. The minimum atomic E-state index is -3.07. The second kappa shape index (κ2) is 5.21. The van der Waals surface area contributed by atoms with Gasteiger partial charge in [0.25, 0.3) is 0 Å². The number of hydrogen-bond donors (Lipinski definition) is 1. The lowest BCUT2D eigenvalue weighted by Crippen LogP contribution is -2.19. The molecule has 0 aromatic carbocycles. The maximum Gasteiger partial charge on any atom is 0.218 e. The van der Waals surface area contributed by atoms with E-state index in [1.165, 1.54) is 0 Å². The summed E-state index contributed by atoms with van der Waals surface area (Å²) in [7, 11) is -3.07. The number of hydrogen-bond acceptors (Lipinski definition) is 3. The molecule has 1 amide bonds. The van der Waals surface area contributed by atoms with E-state index in [0.29, 0.717) is 12.3 Å². The van der Waals surface area contributed by atoms with Crippen LogP contribution in [0.1, 0.15) is 26.7 Å². The van der Waals surface area contributed by atoms with E-state index in [9.17, 15) is 13.2 Å². The lowest BCUT2D eigenvalue weighted by atomic mass is 10.2. The molecule has 0 fully saturated rings. The Labute approximate surface area is 79.4 Å². The molecule has 0 heterocycles. The topological polar surface area (TPSA) is 77.2 Å². The van der Waals surface area contributed by atoms with Gasteiger partial charge < -0.3 is 5.73 Å². The minimum Gasteiger partial charge on any atom is -0.370 e. The Morgan fingerprint density at radius 1 is 1.31 bits per heavy atom. The van der Waals surface area contributed by atoms with Gasteiger partial charge in [0.1, 0.15) is 0 Å². The molecule has 4 nitrogen and oxygen atoms in total. The lowest BCUT2D eigenvalue weighted by Gasteiger charge is -2.04. The molecule has 0 aliphatic carbocycles. The maximum atomic E-state index is 11.2. The van der Waals surface area contributed by atoms with E-state index in [1.807, 2.05) is 13.8 Å². The van der Waals surface area contributed by atoms with Crippen molar-refractivity contribution < 1.29 is 13.2 Å². The average Bonchev–Trinajstić information content (AvgIpc) is 1.98. The van der Waals surface area contributed by atoms with Gasteiger partial charge in [-0.3, -0.25) is 4.79 Å². The zero-order valence-corrected chi connectivity index (χ0v) is 8.93. The Balaban J connectivity index is 3.88. The largest absolute Gasteiger partial charge is 0.370 e. The van der Waals surface area contributed by atoms with Crippen LogP contribution in [0.4, 0.5) is 0 Å². The van der Waals surface area contributed by atoms with Crippen molar-refractivity contribution in [3.05, 3.63) is 0 Å². The van der Waals surface area contributed by atoms with Gasteiger partial charge in [-0.15, -0.1) is 0 Å². The van der Waals surface area contributed by atoms with Gasteiger partial charge in [0.05, 0.1) is 11.5 Å². The molecule has 0 aliphatic heterocycles. The smallest absolute Gasteiger partial charge is 0.218 e. The average molecular weight is 207 g/mol. The van der Waals surface area contributed by atoms with Gasteiger partial charge in [0, 0.05) is 6.42 Å². The second-order valence-electron chi connectivity index (χ2n) is 3.55. The number of carbonyl (C=O) groups is 1.